The Bertz CT molecular complexity index is 2380. The van der Waals surface area contributed by atoms with Gasteiger partial charge >= 0.3 is 11.9 Å². The predicted molar refractivity (Wildman–Crippen MR) is 228 cm³/mol. The van der Waals surface area contributed by atoms with E-state index in [0.717, 1.165) is 33.1 Å². The molecule has 58 heavy (non-hydrogen) atoms. The monoisotopic (exact) mass is 786 g/mol. The molecule has 7 rings (SSSR count). The first-order valence-corrected chi connectivity index (χ1v) is 17.7. The summed E-state index contributed by atoms with van der Waals surface area (Å²) in [5.41, 5.74) is 5.40. The van der Waals surface area contributed by atoms with Crippen molar-refractivity contribution in [2.24, 2.45) is 0 Å². The topological polar surface area (TPSA) is 158 Å². The molecule has 5 aromatic carbocycles. The van der Waals surface area contributed by atoms with Crippen molar-refractivity contribution in [1.29, 1.82) is 0 Å². The summed E-state index contributed by atoms with van der Waals surface area (Å²) in [4.78, 5) is 29.9. The number of carboxylic acid groups (broad SMARTS) is 2. The van der Waals surface area contributed by atoms with Crippen LogP contribution in [0.25, 0.3) is 21.8 Å². The Balaban J connectivity index is 0.000000239. The summed E-state index contributed by atoms with van der Waals surface area (Å²) in [5, 5.41) is 28.3. The van der Waals surface area contributed by atoms with Gasteiger partial charge in [0.15, 0.2) is 6.10 Å². The minimum Gasteiger partial charge on any atom is -0.508 e. The van der Waals surface area contributed by atoms with Crippen molar-refractivity contribution in [3.05, 3.63) is 150 Å². The van der Waals surface area contributed by atoms with Gasteiger partial charge in [0, 0.05) is 22.9 Å². The van der Waals surface area contributed by atoms with E-state index in [9.17, 15) is 9.59 Å². The highest BCUT2D eigenvalue weighted by molar-refractivity contribution is 5.80. The Morgan fingerprint density at radius 2 is 0.983 bits per heavy atom. The number of benzene rings is 5. The van der Waals surface area contributed by atoms with Crippen LogP contribution >= 0.6 is 0 Å². The molecule has 0 amide bonds. The third kappa shape index (κ3) is 14.2. The number of ether oxygens (including phenoxy) is 4. The maximum absolute atomic E-state index is 10.8. The van der Waals surface area contributed by atoms with Crippen molar-refractivity contribution in [3.63, 3.8) is 0 Å². The lowest BCUT2D eigenvalue weighted by Crippen LogP contribution is -2.22. The first kappa shape index (κ1) is 45.3. The fraction of sp³-hybridized carbons (Fsp3) is 0.191. The lowest BCUT2D eigenvalue weighted by Gasteiger charge is -2.11. The maximum atomic E-state index is 10.8. The Hall–Kier alpha value is -7.14. The summed E-state index contributed by atoms with van der Waals surface area (Å²) in [6.45, 7) is 7.76. The molecule has 0 aliphatic rings. The number of hydrogen-bond donors (Lipinski definition) is 3. The van der Waals surface area contributed by atoms with E-state index in [0.29, 0.717) is 29.0 Å². The lowest BCUT2D eigenvalue weighted by atomic mass is 10.1. The molecule has 302 valence electrons. The van der Waals surface area contributed by atoms with Gasteiger partial charge in [-0.1, -0.05) is 56.8 Å². The summed E-state index contributed by atoms with van der Waals surface area (Å²) in [5.74, 6) is 1.83. The molecule has 1 atom stereocenters. The van der Waals surface area contributed by atoms with Crippen molar-refractivity contribution >= 4 is 33.7 Å². The molecule has 0 saturated carbocycles. The Morgan fingerprint density at radius 1 is 0.569 bits per heavy atom. The van der Waals surface area contributed by atoms with Crippen molar-refractivity contribution in [1.82, 2.24) is 9.97 Å². The van der Waals surface area contributed by atoms with Gasteiger partial charge in [0.25, 0.3) is 0 Å². The van der Waals surface area contributed by atoms with Gasteiger partial charge in [-0.3, -0.25) is 4.79 Å². The SMILES string of the molecule is C.C.Cc1ccc(Oc2ccc3ccc(C)cc3n2)cc1.Cc1ccc2ccc(Oc3ccc(OC(C)C(=O)O)cc3)nc2c1.O=C(O)CCOc1ccc(O)cc1. The van der Waals surface area contributed by atoms with E-state index in [2.05, 4.69) is 42.0 Å². The molecular weight excluding hydrogens is 737 g/mol. The first-order chi connectivity index (χ1) is 26.9. The van der Waals surface area contributed by atoms with Crippen molar-refractivity contribution in [2.75, 3.05) is 6.61 Å². The third-order valence-electron chi connectivity index (χ3n) is 8.02. The van der Waals surface area contributed by atoms with Crippen LogP contribution in [0.2, 0.25) is 0 Å². The molecule has 0 saturated heterocycles. The zero-order chi connectivity index (χ0) is 40.0. The quantitative estimate of drug-likeness (QED) is 0.115. The molecule has 11 heteroatoms. The number of aliphatic carboxylic acids is 2. The summed E-state index contributed by atoms with van der Waals surface area (Å²) < 4.78 is 21.9. The molecule has 11 nitrogen and oxygen atoms in total. The average Bonchev–Trinajstić information content (AvgIpc) is 3.17. The number of phenols is 1. The van der Waals surface area contributed by atoms with E-state index in [-0.39, 0.29) is 33.6 Å². The summed E-state index contributed by atoms with van der Waals surface area (Å²) in [7, 11) is 0. The van der Waals surface area contributed by atoms with Crippen LogP contribution in [0.4, 0.5) is 0 Å². The number of aromatic nitrogens is 2. The van der Waals surface area contributed by atoms with E-state index in [4.69, 9.17) is 34.3 Å². The van der Waals surface area contributed by atoms with Crippen LogP contribution in [-0.4, -0.2) is 49.9 Å². The molecule has 0 fully saturated rings. The highest BCUT2D eigenvalue weighted by Gasteiger charge is 2.12. The Morgan fingerprint density at radius 3 is 1.45 bits per heavy atom. The minimum atomic E-state index is -1.01. The van der Waals surface area contributed by atoms with Crippen LogP contribution in [-0.2, 0) is 9.59 Å². The number of phenolic OH excluding ortho intramolecular Hbond substituents is 1. The standard InChI is InChI=1S/C19H17NO4.C17H15NO.C9H10O4.2CH4/c1-12-3-4-14-5-10-18(20-17(14)11-12)24-16-8-6-15(7-9-16)23-13(2)19(21)22;1-12-4-8-15(9-5-12)19-17-10-7-14-6-3-13(2)11-16(14)18-17;10-7-1-3-8(4-2-7)13-6-5-9(11)12;;/h3-11,13H,1-2H3,(H,21,22);3-11H,1-2H3;1-4,10H,5-6H2,(H,11,12);2*1H4. The molecule has 0 aliphatic carbocycles. The molecule has 0 spiro atoms. The van der Waals surface area contributed by atoms with Crippen LogP contribution in [0.15, 0.2) is 133 Å². The van der Waals surface area contributed by atoms with Gasteiger partial charge in [0.1, 0.15) is 28.7 Å². The van der Waals surface area contributed by atoms with Crippen molar-refractivity contribution < 1.29 is 43.9 Å². The molecule has 2 aromatic heterocycles. The summed E-state index contributed by atoms with van der Waals surface area (Å²) in [6.07, 6.45) is -0.928. The van der Waals surface area contributed by atoms with Gasteiger partial charge in [0.2, 0.25) is 11.8 Å². The molecule has 3 N–H and O–H groups in total. The number of pyridine rings is 2. The lowest BCUT2D eigenvalue weighted by molar-refractivity contribution is -0.144. The van der Waals surface area contributed by atoms with Gasteiger partial charge < -0.3 is 34.3 Å². The average molecular weight is 787 g/mol. The summed E-state index contributed by atoms with van der Waals surface area (Å²) >= 11 is 0. The van der Waals surface area contributed by atoms with E-state index >= 15 is 0 Å². The normalized spacial score (nSPS) is 10.6. The highest BCUT2D eigenvalue weighted by Crippen LogP contribution is 2.26. The van der Waals surface area contributed by atoms with Gasteiger partial charge in [-0.05, 0) is 124 Å². The van der Waals surface area contributed by atoms with E-state index < -0.39 is 18.0 Å². The van der Waals surface area contributed by atoms with Gasteiger partial charge in [-0.25, -0.2) is 14.8 Å². The number of nitrogens with zero attached hydrogens (tertiary/aromatic N) is 2. The van der Waals surface area contributed by atoms with Crippen LogP contribution < -0.4 is 18.9 Å². The maximum Gasteiger partial charge on any atom is 0.344 e. The van der Waals surface area contributed by atoms with Crippen LogP contribution in [0.3, 0.4) is 0 Å². The van der Waals surface area contributed by atoms with E-state index in [1.807, 2.05) is 73.7 Å². The van der Waals surface area contributed by atoms with E-state index in [1.165, 1.54) is 30.2 Å². The third-order valence-corrected chi connectivity index (χ3v) is 8.02. The van der Waals surface area contributed by atoms with Crippen molar-refractivity contribution in [2.45, 2.75) is 55.1 Å². The second-order valence-electron chi connectivity index (χ2n) is 12.8. The van der Waals surface area contributed by atoms with Crippen molar-refractivity contribution in [3.8, 4) is 40.5 Å². The van der Waals surface area contributed by atoms with Crippen LogP contribution in [0.5, 0.6) is 40.5 Å². The smallest absolute Gasteiger partial charge is 0.344 e. The fourth-order valence-electron chi connectivity index (χ4n) is 5.02. The molecule has 0 radical (unpaired) electrons. The number of aryl methyl sites for hydroxylation is 3. The van der Waals surface area contributed by atoms with Gasteiger partial charge in [-0.15, -0.1) is 0 Å². The minimum absolute atomic E-state index is 0. The van der Waals surface area contributed by atoms with Gasteiger partial charge in [0.05, 0.1) is 24.1 Å². The largest absolute Gasteiger partial charge is 0.508 e. The molecular formula is C47H50N2O9. The first-order valence-electron chi connectivity index (χ1n) is 17.7. The molecule has 1 unspecified atom stereocenters. The molecule has 0 aliphatic heterocycles. The number of hydrogen-bond acceptors (Lipinski definition) is 9. The molecule has 2 heterocycles. The number of carbonyl (C=O) groups is 2. The fourth-order valence-corrected chi connectivity index (χ4v) is 5.02. The number of rotatable bonds is 11. The Labute approximate surface area is 339 Å². The number of carboxylic acids is 2. The number of aromatic hydroxyl groups is 1. The second kappa shape index (κ2) is 21.8. The van der Waals surface area contributed by atoms with Gasteiger partial charge in [-0.2, -0.15) is 0 Å². The predicted octanol–water partition coefficient (Wildman–Crippen LogP) is 11.3. The Kier molecular flexibility index (Phi) is 17.0. The van der Waals surface area contributed by atoms with Crippen LogP contribution in [0, 0.1) is 20.8 Å². The van der Waals surface area contributed by atoms with Crippen LogP contribution in [0.1, 0.15) is 44.9 Å². The zero-order valence-corrected chi connectivity index (χ0v) is 31.4. The van der Waals surface area contributed by atoms with E-state index in [1.54, 1.807) is 36.4 Å². The molecule has 0 bridgehead atoms. The second-order valence-corrected chi connectivity index (χ2v) is 12.8. The highest BCUT2D eigenvalue weighted by atomic mass is 16.5. The summed E-state index contributed by atoms with van der Waals surface area (Å²) in [6, 6.07) is 40.9. The molecule has 7 aromatic rings. The number of fused-ring (bicyclic) bond motifs is 2. The zero-order valence-electron chi connectivity index (χ0n) is 31.4.